The quantitative estimate of drug-likeness (QED) is 0.915. The van der Waals surface area contributed by atoms with E-state index in [9.17, 15) is 9.59 Å². The fraction of sp³-hybridized carbons (Fsp3) is 0.476. The molecule has 2 aromatic rings. The van der Waals surface area contributed by atoms with Crippen molar-refractivity contribution >= 4 is 22.8 Å². The van der Waals surface area contributed by atoms with E-state index >= 15 is 0 Å². The van der Waals surface area contributed by atoms with E-state index in [1.54, 1.807) is 0 Å². The Morgan fingerprint density at radius 2 is 2.04 bits per heavy atom. The van der Waals surface area contributed by atoms with E-state index in [4.69, 9.17) is 10.1 Å². The number of hydrogen-bond acceptors (Lipinski definition) is 3. The maximum atomic E-state index is 13.4. The van der Waals surface area contributed by atoms with Crippen LogP contribution in [0.15, 0.2) is 24.3 Å². The van der Waals surface area contributed by atoms with Crippen LogP contribution in [-0.4, -0.2) is 40.0 Å². The molecule has 5 nitrogen and oxygen atoms in total. The van der Waals surface area contributed by atoms with Gasteiger partial charge in [0.05, 0.1) is 11.1 Å². The molecule has 0 spiro atoms. The number of amides is 1. The Bertz CT molecular complexity index is 862. The topological polar surface area (TPSA) is 70.5 Å². The Morgan fingerprint density at radius 1 is 1.19 bits per heavy atom. The smallest absolute Gasteiger partial charge is 0.303 e. The maximum Gasteiger partial charge on any atom is 0.303 e. The number of carboxylic acids is 1. The first-order valence-electron chi connectivity index (χ1n) is 9.55. The summed E-state index contributed by atoms with van der Waals surface area (Å²) in [7, 11) is 0. The van der Waals surface area contributed by atoms with Crippen LogP contribution in [0.1, 0.15) is 53.7 Å². The lowest BCUT2D eigenvalue weighted by atomic mass is 9.92. The average molecular weight is 352 g/mol. The molecule has 1 amide bonds. The van der Waals surface area contributed by atoms with Crippen molar-refractivity contribution in [1.82, 2.24) is 9.88 Å². The van der Waals surface area contributed by atoms with Crippen LogP contribution < -0.4 is 0 Å². The van der Waals surface area contributed by atoms with E-state index in [-0.39, 0.29) is 18.2 Å². The van der Waals surface area contributed by atoms with Gasteiger partial charge in [-0.2, -0.15) is 0 Å². The number of carbonyl (C=O) groups is 2. The Hall–Kier alpha value is -2.43. The summed E-state index contributed by atoms with van der Waals surface area (Å²) in [6.45, 7) is 1.42. The number of para-hydroxylation sites is 1. The molecule has 1 N–H and O–H groups in total. The summed E-state index contributed by atoms with van der Waals surface area (Å²) in [5, 5.41) is 9.88. The third-order valence-electron chi connectivity index (χ3n) is 5.71. The van der Waals surface area contributed by atoms with Crippen LogP contribution in [0.5, 0.6) is 0 Å². The molecular weight excluding hydrogens is 328 g/mol. The molecule has 0 radical (unpaired) electrons. The molecule has 1 aromatic heterocycles. The van der Waals surface area contributed by atoms with Gasteiger partial charge in [-0.15, -0.1) is 0 Å². The van der Waals surface area contributed by atoms with Gasteiger partial charge in [-0.25, -0.2) is 0 Å². The summed E-state index contributed by atoms with van der Waals surface area (Å²) in [6, 6.07) is 7.92. The van der Waals surface area contributed by atoms with Gasteiger partial charge in [-0.3, -0.25) is 14.6 Å². The second-order valence-corrected chi connectivity index (χ2v) is 7.47. The molecule has 1 fully saturated rings. The van der Waals surface area contributed by atoms with Crippen molar-refractivity contribution in [3.63, 3.8) is 0 Å². The molecule has 1 unspecified atom stereocenters. The Kier molecular flexibility index (Phi) is 4.62. The third kappa shape index (κ3) is 3.18. The molecule has 0 bridgehead atoms. The lowest BCUT2D eigenvalue weighted by Gasteiger charge is -2.33. The fourth-order valence-corrected chi connectivity index (χ4v) is 4.43. The van der Waals surface area contributed by atoms with Crippen molar-refractivity contribution in [2.45, 2.75) is 44.9 Å². The van der Waals surface area contributed by atoms with Gasteiger partial charge in [-0.05, 0) is 56.1 Å². The van der Waals surface area contributed by atoms with Gasteiger partial charge in [0.1, 0.15) is 0 Å². The van der Waals surface area contributed by atoms with Crippen LogP contribution in [0, 0.1) is 5.92 Å². The molecule has 0 saturated carbocycles. The van der Waals surface area contributed by atoms with Crippen molar-refractivity contribution in [2.24, 2.45) is 5.92 Å². The highest BCUT2D eigenvalue weighted by atomic mass is 16.4. The van der Waals surface area contributed by atoms with Crippen molar-refractivity contribution < 1.29 is 14.7 Å². The first kappa shape index (κ1) is 17.0. The number of aromatic nitrogens is 1. The number of likely N-dealkylation sites (tertiary alicyclic amines) is 1. The number of aliphatic carboxylic acids is 1. The van der Waals surface area contributed by atoms with E-state index in [2.05, 4.69) is 0 Å². The lowest BCUT2D eigenvalue weighted by molar-refractivity contribution is -0.137. The number of rotatable bonds is 4. The molecule has 1 saturated heterocycles. The minimum absolute atomic E-state index is 0.0989. The SMILES string of the molecule is O=C(O)CCC1CCCN(C(=O)c2c3c(nc4ccccc24)CCC3)C1. The predicted molar refractivity (Wildman–Crippen MR) is 99.3 cm³/mol. The van der Waals surface area contributed by atoms with E-state index in [0.717, 1.165) is 66.4 Å². The van der Waals surface area contributed by atoms with E-state index < -0.39 is 5.97 Å². The predicted octanol–water partition coefficient (Wildman–Crippen LogP) is 3.44. The van der Waals surface area contributed by atoms with Crippen molar-refractivity contribution in [3.05, 3.63) is 41.1 Å². The second kappa shape index (κ2) is 7.06. The normalized spacial score (nSPS) is 19.5. The zero-order valence-electron chi connectivity index (χ0n) is 14.9. The van der Waals surface area contributed by atoms with Gasteiger partial charge in [0.2, 0.25) is 0 Å². The summed E-state index contributed by atoms with van der Waals surface area (Å²) in [4.78, 5) is 31.0. The van der Waals surface area contributed by atoms with E-state index in [1.165, 1.54) is 0 Å². The molecule has 4 rings (SSSR count). The van der Waals surface area contributed by atoms with Gasteiger partial charge in [0, 0.05) is 30.6 Å². The number of pyridine rings is 1. The molecule has 26 heavy (non-hydrogen) atoms. The Morgan fingerprint density at radius 3 is 2.88 bits per heavy atom. The molecule has 5 heteroatoms. The largest absolute Gasteiger partial charge is 0.481 e. The van der Waals surface area contributed by atoms with Gasteiger partial charge >= 0.3 is 5.97 Å². The molecule has 1 atom stereocenters. The zero-order valence-corrected chi connectivity index (χ0v) is 14.9. The number of aryl methyl sites for hydroxylation is 1. The number of carbonyl (C=O) groups excluding carboxylic acids is 1. The van der Waals surface area contributed by atoms with Gasteiger partial charge in [-0.1, -0.05) is 18.2 Å². The summed E-state index contributed by atoms with van der Waals surface area (Å²) >= 11 is 0. The molecular formula is C21H24N2O3. The minimum atomic E-state index is -0.758. The van der Waals surface area contributed by atoms with Gasteiger partial charge < -0.3 is 10.0 Å². The molecule has 2 heterocycles. The van der Waals surface area contributed by atoms with Gasteiger partial charge in [0.15, 0.2) is 0 Å². The number of fused-ring (bicyclic) bond motifs is 2. The molecule has 2 aliphatic rings. The number of hydrogen-bond donors (Lipinski definition) is 1. The summed E-state index contributed by atoms with van der Waals surface area (Å²) in [6.07, 6.45) is 5.70. The van der Waals surface area contributed by atoms with Crippen molar-refractivity contribution in [3.8, 4) is 0 Å². The first-order valence-corrected chi connectivity index (χ1v) is 9.55. The van der Waals surface area contributed by atoms with Crippen LogP contribution >= 0.6 is 0 Å². The molecule has 136 valence electrons. The van der Waals surface area contributed by atoms with Crippen LogP contribution in [0.2, 0.25) is 0 Å². The third-order valence-corrected chi connectivity index (χ3v) is 5.71. The highest BCUT2D eigenvalue weighted by Gasteiger charge is 2.30. The fourth-order valence-electron chi connectivity index (χ4n) is 4.43. The summed E-state index contributed by atoms with van der Waals surface area (Å²) in [5.74, 6) is -0.377. The number of carboxylic acid groups (broad SMARTS) is 1. The van der Waals surface area contributed by atoms with E-state index in [0.29, 0.717) is 13.0 Å². The van der Waals surface area contributed by atoms with Gasteiger partial charge in [0.25, 0.3) is 5.91 Å². The van der Waals surface area contributed by atoms with Crippen LogP contribution in [0.3, 0.4) is 0 Å². The zero-order chi connectivity index (χ0) is 18.1. The minimum Gasteiger partial charge on any atom is -0.481 e. The van der Waals surface area contributed by atoms with Crippen molar-refractivity contribution in [1.29, 1.82) is 0 Å². The molecule has 1 aliphatic heterocycles. The van der Waals surface area contributed by atoms with E-state index in [1.807, 2.05) is 29.2 Å². The van der Waals surface area contributed by atoms with Crippen molar-refractivity contribution in [2.75, 3.05) is 13.1 Å². The van der Waals surface area contributed by atoms with Crippen LogP contribution in [0.4, 0.5) is 0 Å². The second-order valence-electron chi connectivity index (χ2n) is 7.47. The maximum absolute atomic E-state index is 13.4. The number of piperidine rings is 1. The monoisotopic (exact) mass is 352 g/mol. The molecule has 1 aromatic carbocycles. The van der Waals surface area contributed by atoms with Crippen LogP contribution in [0.25, 0.3) is 10.9 Å². The standard InChI is InChI=1S/C21H24N2O3/c24-19(25)11-10-14-5-4-12-23(13-14)21(26)20-15-6-1-2-8-17(15)22-18-9-3-7-16(18)20/h1-2,6,8,14H,3-5,7,9-13H2,(H,24,25). The summed E-state index contributed by atoms with van der Waals surface area (Å²) in [5.41, 5.74) is 3.94. The number of benzene rings is 1. The Labute approximate surface area is 153 Å². The molecule has 1 aliphatic carbocycles. The Balaban J connectivity index is 1.65. The average Bonchev–Trinajstić information content (AvgIpc) is 3.12. The highest BCUT2D eigenvalue weighted by molar-refractivity contribution is 6.07. The highest BCUT2D eigenvalue weighted by Crippen LogP contribution is 2.32. The van der Waals surface area contributed by atoms with Crippen LogP contribution in [-0.2, 0) is 17.6 Å². The first-order chi connectivity index (χ1) is 12.6. The lowest BCUT2D eigenvalue weighted by Crippen LogP contribution is -2.40. The number of nitrogens with zero attached hydrogens (tertiary/aromatic N) is 2. The summed E-state index contributed by atoms with van der Waals surface area (Å²) < 4.78 is 0.